The third-order valence-corrected chi connectivity index (χ3v) is 2.00. The minimum atomic E-state index is 0.253. The van der Waals surface area contributed by atoms with Crippen LogP contribution < -0.4 is 5.73 Å². The van der Waals surface area contributed by atoms with Gasteiger partial charge in [-0.1, -0.05) is 20.8 Å². The minimum absolute atomic E-state index is 0.253. The van der Waals surface area contributed by atoms with Crippen molar-refractivity contribution >= 4 is 0 Å². The lowest BCUT2D eigenvalue weighted by molar-refractivity contribution is -0.0539. The van der Waals surface area contributed by atoms with E-state index in [2.05, 4.69) is 25.7 Å². The van der Waals surface area contributed by atoms with Crippen molar-refractivity contribution in [3.8, 4) is 0 Å². The molecule has 2 N–H and O–H groups in total. The first-order chi connectivity index (χ1) is 5.79. The fraction of sp³-hybridized carbons (Fsp3) is 1.00. The summed E-state index contributed by atoms with van der Waals surface area (Å²) in [4.78, 5) is 2.30. The highest BCUT2D eigenvalue weighted by molar-refractivity contribution is 4.57. The maximum Gasteiger partial charge on any atom is 0.110 e. The highest BCUT2D eigenvalue weighted by atomic mass is 16.5. The van der Waals surface area contributed by atoms with Crippen molar-refractivity contribution in [3.05, 3.63) is 0 Å². The van der Waals surface area contributed by atoms with Gasteiger partial charge in [-0.05, 0) is 19.5 Å². The molecule has 0 aromatic carbocycles. The van der Waals surface area contributed by atoms with Crippen LogP contribution in [0.5, 0.6) is 0 Å². The van der Waals surface area contributed by atoms with E-state index in [4.69, 9.17) is 10.5 Å². The second-order valence-corrected chi connectivity index (χ2v) is 2.74. The zero-order valence-electron chi connectivity index (χ0n) is 8.55. The molecule has 0 amide bonds. The molecule has 0 saturated carbocycles. The third-order valence-electron chi connectivity index (χ3n) is 2.00. The maximum atomic E-state index is 5.59. The second-order valence-electron chi connectivity index (χ2n) is 2.74. The lowest BCUT2D eigenvalue weighted by atomic mass is 10.3. The van der Waals surface area contributed by atoms with Gasteiger partial charge in [0.25, 0.3) is 0 Å². The zero-order chi connectivity index (χ0) is 9.40. The Morgan fingerprint density at radius 2 is 1.83 bits per heavy atom. The van der Waals surface area contributed by atoms with Gasteiger partial charge in [0.15, 0.2) is 0 Å². The summed E-state index contributed by atoms with van der Waals surface area (Å²) in [5.74, 6) is 0. The van der Waals surface area contributed by atoms with Crippen molar-refractivity contribution in [1.29, 1.82) is 0 Å². The van der Waals surface area contributed by atoms with E-state index in [0.29, 0.717) is 13.2 Å². The molecule has 0 aliphatic rings. The Balaban J connectivity index is 3.75. The van der Waals surface area contributed by atoms with E-state index in [1.54, 1.807) is 0 Å². The normalized spacial score (nSPS) is 13.8. The van der Waals surface area contributed by atoms with Gasteiger partial charge >= 0.3 is 0 Å². The lowest BCUT2D eigenvalue weighted by Crippen LogP contribution is -2.37. The van der Waals surface area contributed by atoms with Crippen LogP contribution in [0.4, 0.5) is 0 Å². The van der Waals surface area contributed by atoms with Gasteiger partial charge in [-0.15, -0.1) is 0 Å². The van der Waals surface area contributed by atoms with Crippen LogP contribution in [0.2, 0.25) is 0 Å². The average molecular weight is 174 g/mol. The highest BCUT2D eigenvalue weighted by Crippen LogP contribution is 2.04. The van der Waals surface area contributed by atoms with E-state index in [-0.39, 0.29) is 6.23 Å². The number of rotatable bonds is 7. The average Bonchev–Trinajstić information content (AvgIpc) is 2.12. The van der Waals surface area contributed by atoms with Crippen LogP contribution in [0.15, 0.2) is 0 Å². The molecule has 3 nitrogen and oxygen atoms in total. The van der Waals surface area contributed by atoms with Crippen LogP contribution in [0.1, 0.15) is 27.2 Å². The van der Waals surface area contributed by atoms with Gasteiger partial charge in [-0.25, -0.2) is 0 Å². The van der Waals surface area contributed by atoms with Crippen LogP contribution in [0, 0.1) is 0 Å². The predicted molar refractivity (Wildman–Crippen MR) is 52.0 cm³/mol. The molecule has 74 valence electrons. The minimum Gasteiger partial charge on any atom is -0.362 e. The smallest absolute Gasteiger partial charge is 0.110 e. The molecule has 0 bridgehead atoms. The first-order valence-electron chi connectivity index (χ1n) is 4.85. The van der Waals surface area contributed by atoms with Crippen LogP contribution in [0.3, 0.4) is 0 Å². The largest absolute Gasteiger partial charge is 0.362 e. The van der Waals surface area contributed by atoms with E-state index in [0.717, 1.165) is 19.5 Å². The quantitative estimate of drug-likeness (QED) is 0.586. The van der Waals surface area contributed by atoms with Crippen molar-refractivity contribution in [2.75, 3.05) is 26.2 Å². The molecule has 0 heterocycles. The van der Waals surface area contributed by atoms with E-state index in [1.165, 1.54) is 0 Å². The summed E-state index contributed by atoms with van der Waals surface area (Å²) >= 11 is 0. The molecular formula is C9H22N2O. The number of nitrogens with zero attached hydrogens (tertiary/aromatic N) is 1. The molecule has 0 rings (SSSR count). The van der Waals surface area contributed by atoms with Gasteiger partial charge in [-0.2, -0.15) is 0 Å². The van der Waals surface area contributed by atoms with Gasteiger partial charge < -0.3 is 10.5 Å². The Morgan fingerprint density at radius 3 is 2.17 bits per heavy atom. The Labute approximate surface area is 75.9 Å². The van der Waals surface area contributed by atoms with Crippen LogP contribution in [-0.2, 0) is 4.74 Å². The second kappa shape index (κ2) is 7.53. The Kier molecular flexibility index (Phi) is 7.45. The monoisotopic (exact) mass is 174 g/mol. The molecule has 0 aromatic rings. The van der Waals surface area contributed by atoms with Crippen LogP contribution >= 0.6 is 0 Å². The van der Waals surface area contributed by atoms with Crippen molar-refractivity contribution in [3.63, 3.8) is 0 Å². The Morgan fingerprint density at radius 1 is 1.25 bits per heavy atom. The summed E-state index contributed by atoms with van der Waals surface area (Å²) in [7, 11) is 0. The van der Waals surface area contributed by atoms with Crippen molar-refractivity contribution in [1.82, 2.24) is 4.90 Å². The van der Waals surface area contributed by atoms with Gasteiger partial charge in [0.05, 0.1) is 6.61 Å². The molecule has 0 aliphatic carbocycles. The van der Waals surface area contributed by atoms with Gasteiger partial charge in [0.1, 0.15) is 6.23 Å². The standard InChI is InChI=1S/C9H22N2O/c1-4-9(12-8-7-10)11(5-2)6-3/h9H,4-8,10H2,1-3H3. The van der Waals surface area contributed by atoms with E-state index >= 15 is 0 Å². The SMILES string of the molecule is CCC(OCCN)N(CC)CC. The van der Waals surface area contributed by atoms with Crippen molar-refractivity contribution < 1.29 is 4.74 Å². The Bertz CT molecular complexity index is 94.5. The van der Waals surface area contributed by atoms with Gasteiger partial charge in [0.2, 0.25) is 0 Å². The van der Waals surface area contributed by atoms with Crippen molar-refractivity contribution in [2.45, 2.75) is 33.4 Å². The molecule has 0 spiro atoms. The zero-order valence-corrected chi connectivity index (χ0v) is 8.55. The fourth-order valence-corrected chi connectivity index (χ4v) is 1.32. The third kappa shape index (κ3) is 4.04. The molecule has 0 aromatic heterocycles. The van der Waals surface area contributed by atoms with E-state index in [9.17, 15) is 0 Å². The highest BCUT2D eigenvalue weighted by Gasteiger charge is 2.12. The van der Waals surface area contributed by atoms with Crippen LogP contribution in [0.25, 0.3) is 0 Å². The first-order valence-corrected chi connectivity index (χ1v) is 4.85. The molecule has 0 saturated heterocycles. The van der Waals surface area contributed by atoms with Crippen molar-refractivity contribution in [2.24, 2.45) is 5.73 Å². The lowest BCUT2D eigenvalue weighted by Gasteiger charge is -2.28. The van der Waals surface area contributed by atoms with E-state index < -0.39 is 0 Å². The summed E-state index contributed by atoms with van der Waals surface area (Å²) in [6.45, 7) is 9.79. The summed E-state index contributed by atoms with van der Waals surface area (Å²) < 4.78 is 5.59. The summed E-state index contributed by atoms with van der Waals surface area (Å²) in [5.41, 5.74) is 5.37. The van der Waals surface area contributed by atoms with Gasteiger partial charge in [0, 0.05) is 6.54 Å². The molecule has 1 atom stereocenters. The summed E-state index contributed by atoms with van der Waals surface area (Å²) in [6.07, 6.45) is 1.28. The number of hydrogen-bond donors (Lipinski definition) is 1. The summed E-state index contributed by atoms with van der Waals surface area (Å²) in [5, 5.41) is 0. The molecule has 3 heteroatoms. The molecule has 0 fully saturated rings. The molecule has 1 unspecified atom stereocenters. The molecule has 12 heavy (non-hydrogen) atoms. The topological polar surface area (TPSA) is 38.5 Å². The maximum absolute atomic E-state index is 5.59. The number of hydrogen-bond acceptors (Lipinski definition) is 3. The molecule has 0 aliphatic heterocycles. The van der Waals surface area contributed by atoms with Gasteiger partial charge in [-0.3, -0.25) is 4.90 Å². The first kappa shape index (κ1) is 11.9. The fourth-order valence-electron chi connectivity index (χ4n) is 1.32. The Hall–Kier alpha value is -0.120. The predicted octanol–water partition coefficient (Wildman–Crippen LogP) is 1.04. The molecule has 0 radical (unpaired) electrons. The molecular weight excluding hydrogens is 152 g/mol. The number of ether oxygens (including phenoxy) is 1. The van der Waals surface area contributed by atoms with E-state index in [1.807, 2.05) is 0 Å². The summed E-state index contributed by atoms with van der Waals surface area (Å²) in [6, 6.07) is 0. The van der Waals surface area contributed by atoms with Crippen LogP contribution in [-0.4, -0.2) is 37.4 Å². The number of nitrogens with two attached hydrogens (primary N) is 1.